The van der Waals surface area contributed by atoms with Crippen LogP contribution in [0.4, 0.5) is 0 Å². The predicted octanol–water partition coefficient (Wildman–Crippen LogP) is 2.35. The van der Waals surface area contributed by atoms with E-state index in [1.807, 2.05) is 32.0 Å². The Kier molecular flexibility index (Phi) is 4.98. The molecule has 4 rings (SSSR count). The molecule has 0 bridgehead atoms. The maximum Gasteiger partial charge on any atom is 0.279 e. The molecule has 0 saturated carbocycles. The molecule has 0 atom stereocenters. The second-order valence-electron chi connectivity index (χ2n) is 6.90. The van der Waals surface area contributed by atoms with Crippen LogP contribution >= 0.6 is 11.3 Å². The first kappa shape index (κ1) is 19.6. The van der Waals surface area contributed by atoms with Gasteiger partial charge in [0.25, 0.3) is 11.5 Å². The first-order valence-electron chi connectivity index (χ1n) is 9.45. The Morgan fingerprint density at radius 2 is 2.10 bits per heavy atom. The Bertz CT molecular complexity index is 1460. The summed E-state index contributed by atoms with van der Waals surface area (Å²) in [5.41, 5.74) is 8.55. The Morgan fingerprint density at radius 3 is 2.80 bits per heavy atom. The summed E-state index contributed by atoms with van der Waals surface area (Å²) in [5, 5.41) is 9.95. The molecule has 0 radical (unpaired) electrons. The lowest BCUT2D eigenvalue weighted by atomic mass is 10.1. The van der Waals surface area contributed by atoms with Crippen molar-refractivity contribution < 1.29 is 4.79 Å². The number of aromatic nitrogens is 2. The van der Waals surface area contributed by atoms with Crippen LogP contribution in [0.3, 0.4) is 0 Å². The van der Waals surface area contributed by atoms with Crippen molar-refractivity contribution in [2.24, 2.45) is 0 Å². The van der Waals surface area contributed by atoms with E-state index in [2.05, 4.69) is 21.9 Å². The van der Waals surface area contributed by atoms with Gasteiger partial charge in [-0.25, -0.2) is 4.98 Å². The van der Waals surface area contributed by atoms with Crippen molar-refractivity contribution in [1.82, 2.24) is 20.2 Å². The number of nitrogens with zero attached hydrogens (tertiary/aromatic N) is 3. The third-order valence-corrected chi connectivity index (χ3v) is 6.46. The molecule has 0 saturated heterocycles. The van der Waals surface area contributed by atoms with Crippen molar-refractivity contribution in [3.8, 4) is 6.07 Å². The Balaban J connectivity index is 1.75. The zero-order valence-electron chi connectivity index (χ0n) is 16.7. The van der Waals surface area contributed by atoms with Gasteiger partial charge in [-0.15, -0.1) is 11.3 Å². The van der Waals surface area contributed by atoms with Gasteiger partial charge in [0.05, 0.1) is 26.7 Å². The molecule has 8 heteroatoms. The molecule has 0 unspecified atom stereocenters. The van der Waals surface area contributed by atoms with Gasteiger partial charge in [-0.3, -0.25) is 19.4 Å². The number of fused-ring (bicyclic) bond motifs is 3. The van der Waals surface area contributed by atoms with E-state index < -0.39 is 0 Å². The molecule has 1 aromatic carbocycles. The van der Waals surface area contributed by atoms with Gasteiger partial charge in [-0.05, 0) is 49.6 Å². The molecular weight excluding hydrogens is 398 g/mol. The number of hydrogen-bond acceptors (Lipinski definition) is 6. The topological polar surface area (TPSA) is 99.3 Å². The Morgan fingerprint density at radius 1 is 1.33 bits per heavy atom. The number of rotatable bonds is 4. The minimum absolute atomic E-state index is 0.279. The van der Waals surface area contributed by atoms with Crippen molar-refractivity contribution >= 4 is 40.1 Å². The zero-order valence-corrected chi connectivity index (χ0v) is 17.6. The number of imidazole rings is 1. The van der Waals surface area contributed by atoms with Crippen LogP contribution in [0.25, 0.3) is 22.9 Å². The number of carbonyl (C=O) groups is 1. The molecule has 1 amide bonds. The van der Waals surface area contributed by atoms with Gasteiger partial charge in [0.1, 0.15) is 6.07 Å². The van der Waals surface area contributed by atoms with Gasteiger partial charge in [-0.1, -0.05) is 19.1 Å². The average molecular weight is 417 g/mol. The average Bonchev–Trinajstić information content (AvgIpc) is 3.31. The molecule has 0 aliphatic carbocycles. The smallest absolute Gasteiger partial charge is 0.279 e. The number of para-hydroxylation sites is 2. The number of nitrogens with one attached hydrogen (secondary N) is 2. The second kappa shape index (κ2) is 7.61. The van der Waals surface area contributed by atoms with Gasteiger partial charge < -0.3 is 5.43 Å². The second-order valence-corrected chi connectivity index (χ2v) is 8.04. The van der Waals surface area contributed by atoms with Crippen LogP contribution in [0.2, 0.25) is 0 Å². The summed E-state index contributed by atoms with van der Waals surface area (Å²) in [5.74, 6) is -0.279. The van der Waals surface area contributed by atoms with E-state index in [1.165, 1.54) is 21.9 Å². The molecule has 2 N–H and O–H groups in total. The van der Waals surface area contributed by atoms with E-state index in [-0.39, 0.29) is 11.5 Å². The summed E-state index contributed by atoms with van der Waals surface area (Å²) < 4.78 is 1.44. The first-order valence-corrected chi connectivity index (χ1v) is 10.3. The lowest BCUT2D eigenvalue weighted by Gasteiger charge is -2.05. The summed E-state index contributed by atoms with van der Waals surface area (Å²) in [4.78, 5) is 31.8. The molecule has 150 valence electrons. The number of aryl methyl sites for hydroxylation is 2. The number of hydrazine groups is 1. The summed E-state index contributed by atoms with van der Waals surface area (Å²) in [6.45, 7) is 5.73. The molecule has 30 heavy (non-hydrogen) atoms. The van der Waals surface area contributed by atoms with Crippen LogP contribution < -0.4 is 21.6 Å². The minimum atomic E-state index is -0.308. The molecular formula is C22H19N5O2S. The fourth-order valence-corrected chi connectivity index (χ4v) is 4.51. The third-order valence-electron chi connectivity index (χ3n) is 5.08. The monoisotopic (exact) mass is 417 g/mol. The Hall–Kier alpha value is -3.70. The largest absolute Gasteiger partial charge is 0.305 e. The fourth-order valence-electron chi connectivity index (χ4n) is 3.50. The minimum Gasteiger partial charge on any atom is -0.305 e. The number of hydrogen-bond donors (Lipinski definition) is 2. The highest BCUT2D eigenvalue weighted by Gasteiger charge is 2.16. The van der Waals surface area contributed by atoms with E-state index >= 15 is 0 Å². The quantitative estimate of drug-likeness (QED) is 0.497. The van der Waals surface area contributed by atoms with E-state index in [9.17, 15) is 14.9 Å². The highest BCUT2D eigenvalue weighted by molar-refractivity contribution is 7.14. The van der Waals surface area contributed by atoms with Crippen molar-refractivity contribution in [1.29, 1.82) is 5.26 Å². The van der Waals surface area contributed by atoms with Gasteiger partial charge in [0.2, 0.25) is 0 Å². The SMILES string of the molecule is CCc1sc(C(=O)NNC=c2c(C)c(C#N)c3nc4ccccc4n3c2=O)cc1C. The van der Waals surface area contributed by atoms with E-state index in [1.54, 1.807) is 19.1 Å². The molecule has 0 fully saturated rings. The number of thiophene rings is 1. The first-order chi connectivity index (χ1) is 14.5. The predicted molar refractivity (Wildman–Crippen MR) is 117 cm³/mol. The zero-order chi connectivity index (χ0) is 21.4. The third kappa shape index (κ3) is 3.09. The van der Waals surface area contributed by atoms with Crippen LogP contribution in [0, 0.1) is 25.2 Å². The maximum atomic E-state index is 13.2. The van der Waals surface area contributed by atoms with Crippen LogP contribution in [-0.2, 0) is 6.42 Å². The van der Waals surface area contributed by atoms with E-state index in [0.717, 1.165) is 16.9 Å². The van der Waals surface area contributed by atoms with Gasteiger partial charge >= 0.3 is 0 Å². The number of amides is 1. The number of nitriles is 1. The van der Waals surface area contributed by atoms with Gasteiger partial charge in [0, 0.05) is 11.1 Å². The molecule has 3 heterocycles. The standard InChI is InChI=1S/C22H19N5O2S/c1-4-18-12(2)9-19(30-18)21(28)26-24-11-15-13(3)14(10-23)20-25-16-7-5-6-8-17(16)27(20)22(15)29/h5-9,11,24H,4H2,1-3H3,(H,26,28). The highest BCUT2D eigenvalue weighted by atomic mass is 32.1. The van der Waals surface area contributed by atoms with Crippen LogP contribution in [0.5, 0.6) is 0 Å². The molecule has 4 aromatic rings. The molecule has 0 spiro atoms. The highest BCUT2D eigenvalue weighted by Crippen LogP contribution is 2.22. The summed E-state index contributed by atoms with van der Waals surface area (Å²) in [6.07, 6.45) is 2.30. The van der Waals surface area contributed by atoms with Crippen molar-refractivity contribution in [3.63, 3.8) is 0 Å². The molecule has 0 aliphatic heterocycles. The van der Waals surface area contributed by atoms with E-state index in [0.29, 0.717) is 37.9 Å². The van der Waals surface area contributed by atoms with Crippen molar-refractivity contribution in [2.45, 2.75) is 27.2 Å². The molecule has 0 aliphatic rings. The molecule has 7 nitrogen and oxygen atoms in total. The van der Waals surface area contributed by atoms with Crippen molar-refractivity contribution in [2.75, 3.05) is 0 Å². The summed E-state index contributed by atoms with van der Waals surface area (Å²) in [7, 11) is 0. The molecule has 3 aromatic heterocycles. The van der Waals surface area contributed by atoms with Gasteiger partial charge in [-0.2, -0.15) is 5.26 Å². The van der Waals surface area contributed by atoms with Crippen LogP contribution in [0.1, 0.15) is 38.2 Å². The summed E-state index contributed by atoms with van der Waals surface area (Å²) >= 11 is 1.45. The summed E-state index contributed by atoms with van der Waals surface area (Å²) in [6, 6.07) is 11.2. The van der Waals surface area contributed by atoms with Gasteiger partial charge in [0.15, 0.2) is 5.65 Å². The number of pyridine rings is 1. The lowest BCUT2D eigenvalue weighted by molar-refractivity contribution is 0.0947. The maximum absolute atomic E-state index is 13.2. The lowest BCUT2D eigenvalue weighted by Crippen LogP contribution is -2.40. The van der Waals surface area contributed by atoms with Crippen LogP contribution in [-0.4, -0.2) is 15.3 Å². The normalized spacial score (nSPS) is 11.7. The van der Waals surface area contributed by atoms with Crippen molar-refractivity contribution in [3.05, 3.63) is 72.3 Å². The van der Waals surface area contributed by atoms with Crippen LogP contribution in [0.15, 0.2) is 35.1 Å². The Labute approximate surface area is 176 Å². The number of carbonyl (C=O) groups excluding carboxylic acids is 1. The van der Waals surface area contributed by atoms with E-state index in [4.69, 9.17) is 0 Å². The number of benzene rings is 1. The fraction of sp³-hybridized carbons (Fsp3) is 0.182.